The summed E-state index contributed by atoms with van der Waals surface area (Å²) in [5.74, 6) is -2.04. The lowest BCUT2D eigenvalue weighted by molar-refractivity contribution is 0.0474. The van der Waals surface area contributed by atoms with Gasteiger partial charge in [0, 0.05) is 5.56 Å². The second-order valence-electron chi connectivity index (χ2n) is 8.10. The Balaban J connectivity index is 1.31. The van der Waals surface area contributed by atoms with Gasteiger partial charge in [0.15, 0.2) is 12.4 Å². The Bertz CT molecular complexity index is 1490. The first-order valence-electron chi connectivity index (χ1n) is 10.7. The summed E-state index contributed by atoms with van der Waals surface area (Å²) >= 11 is 0. The summed E-state index contributed by atoms with van der Waals surface area (Å²) in [5, 5.41) is 1.92. The summed E-state index contributed by atoms with van der Waals surface area (Å²) in [4.78, 5) is 51.9. The number of amides is 2. The summed E-state index contributed by atoms with van der Waals surface area (Å²) in [6, 6.07) is 24.2. The van der Waals surface area contributed by atoms with E-state index in [0.29, 0.717) is 11.3 Å². The van der Waals surface area contributed by atoms with Gasteiger partial charge in [-0.25, -0.2) is 9.69 Å². The lowest BCUT2D eigenvalue weighted by Crippen LogP contribution is -2.29. The summed E-state index contributed by atoms with van der Waals surface area (Å²) in [7, 11) is 0. The number of carbonyl (C=O) groups is 4. The summed E-state index contributed by atoms with van der Waals surface area (Å²) in [6.07, 6.45) is 0. The van der Waals surface area contributed by atoms with Crippen molar-refractivity contribution >= 4 is 40.0 Å². The topological polar surface area (TPSA) is 80.8 Å². The van der Waals surface area contributed by atoms with E-state index in [-0.39, 0.29) is 22.5 Å². The number of hydrogen-bond acceptors (Lipinski definition) is 5. The molecular formula is C28H19NO5. The Morgan fingerprint density at radius 3 is 2.18 bits per heavy atom. The Morgan fingerprint density at radius 1 is 0.735 bits per heavy atom. The van der Waals surface area contributed by atoms with Crippen LogP contribution in [0, 0.1) is 6.92 Å². The van der Waals surface area contributed by atoms with Gasteiger partial charge in [0.05, 0.1) is 22.4 Å². The van der Waals surface area contributed by atoms with Crippen molar-refractivity contribution in [3.8, 4) is 0 Å². The van der Waals surface area contributed by atoms with E-state index in [1.165, 1.54) is 18.2 Å². The number of nitrogens with zero attached hydrogens (tertiary/aromatic N) is 1. The van der Waals surface area contributed by atoms with Crippen LogP contribution < -0.4 is 4.90 Å². The van der Waals surface area contributed by atoms with Gasteiger partial charge in [-0.3, -0.25) is 14.4 Å². The maximum Gasteiger partial charge on any atom is 0.338 e. The molecule has 0 bridgehead atoms. The lowest BCUT2D eigenvalue weighted by Gasteiger charge is -2.13. The first kappa shape index (κ1) is 21.3. The molecule has 1 aliphatic heterocycles. The van der Waals surface area contributed by atoms with Crippen LogP contribution in [0.3, 0.4) is 0 Å². The third-order valence-corrected chi connectivity index (χ3v) is 5.82. The molecule has 6 heteroatoms. The van der Waals surface area contributed by atoms with Gasteiger partial charge < -0.3 is 4.74 Å². The zero-order valence-electron chi connectivity index (χ0n) is 18.3. The smallest absolute Gasteiger partial charge is 0.338 e. The largest absolute Gasteiger partial charge is 0.454 e. The molecule has 1 aliphatic rings. The number of aryl methyl sites for hydroxylation is 1. The zero-order chi connectivity index (χ0) is 23.8. The van der Waals surface area contributed by atoms with Crippen LogP contribution in [0.2, 0.25) is 0 Å². The molecule has 0 spiro atoms. The molecule has 0 radical (unpaired) electrons. The molecule has 2 amide bonds. The molecule has 0 saturated heterocycles. The van der Waals surface area contributed by atoms with Crippen molar-refractivity contribution in [1.82, 2.24) is 0 Å². The molecule has 5 rings (SSSR count). The highest BCUT2D eigenvalue weighted by atomic mass is 16.5. The Labute approximate surface area is 195 Å². The van der Waals surface area contributed by atoms with E-state index in [0.717, 1.165) is 21.2 Å². The van der Waals surface area contributed by atoms with Gasteiger partial charge >= 0.3 is 5.97 Å². The predicted molar refractivity (Wildman–Crippen MR) is 127 cm³/mol. The number of Topliss-reactive ketones (excluding diaryl/α,β-unsaturated/α-hetero) is 1. The first-order chi connectivity index (χ1) is 16.4. The maximum atomic E-state index is 12.9. The van der Waals surface area contributed by atoms with Crippen molar-refractivity contribution in [2.75, 3.05) is 11.5 Å². The number of rotatable bonds is 5. The van der Waals surface area contributed by atoms with Gasteiger partial charge in [0.25, 0.3) is 11.8 Å². The molecule has 0 aromatic heterocycles. The molecule has 0 N–H and O–H groups in total. The van der Waals surface area contributed by atoms with Crippen LogP contribution in [0.25, 0.3) is 10.8 Å². The van der Waals surface area contributed by atoms with Gasteiger partial charge in [0.1, 0.15) is 0 Å². The number of carbonyl (C=O) groups excluding carboxylic acids is 4. The van der Waals surface area contributed by atoms with Crippen LogP contribution >= 0.6 is 0 Å². The monoisotopic (exact) mass is 449 g/mol. The normalized spacial score (nSPS) is 12.7. The number of esters is 1. The summed E-state index contributed by atoms with van der Waals surface area (Å²) < 4.78 is 5.20. The highest BCUT2D eigenvalue weighted by Gasteiger charge is 2.37. The third-order valence-electron chi connectivity index (χ3n) is 5.82. The standard InChI is InChI=1S/C28H19NO5/c1-17-6-11-22(12-7-17)29-26(31)23-13-10-21(15-24(23)27(29)32)28(33)34-16-25(30)20-9-8-18-4-2-3-5-19(18)14-20/h2-15H,16H2,1H3. The minimum Gasteiger partial charge on any atom is -0.454 e. The van der Waals surface area contributed by atoms with Crippen molar-refractivity contribution in [2.24, 2.45) is 0 Å². The van der Waals surface area contributed by atoms with E-state index < -0.39 is 24.4 Å². The van der Waals surface area contributed by atoms with Gasteiger partial charge in [-0.15, -0.1) is 0 Å². The van der Waals surface area contributed by atoms with E-state index in [9.17, 15) is 19.2 Å². The van der Waals surface area contributed by atoms with Crippen molar-refractivity contribution in [3.63, 3.8) is 0 Å². The van der Waals surface area contributed by atoms with Crippen molar-refractivity contribution in [1.29, 1.82) is 0 Å². The van der Waals surface area contributed by atoms with E-state index in [4.69, 9.17) is 4.74 Å². The van der Waals surface area contributed by atoms with Crippen LogP contribution in [0.1, 0.15) is 47.0 Å². The highest BCUT2D eigenvalue weighted by Crippen LogP contribution is 2.29. The van der Waals surface area contributed by atoms with Crippen LogP contribution in [0.15, 0.2) is 84.9 Å². The molecule has 4 aromatic rings. The molecule has 0 atom stereocenters. The summed E-state index contributed by atoms with van der Waals surface area (Å²) in [6.45, 7) is 1.48. The fourth-order valence-corrected chi connectivity index (χ4v) is 3.96. The fraction of sp³-hybridized carbons (Fsp3) is 0.0714. The predicted octanol–water partition coefficient (Wildman–Crippen LogP) is 4.99. The van der Waals surface area contributed by atoms with E-state index in [1.54, 1.807) is 24.3 Å². The second kappa shape index (κ2) is 8.41. The van der Waals surface area contributed by atoms with Gasteiger partial charge in [0.2, 0.25) is 0 Å². The van der Waals surface area contributed by atoms with Gasteiger partial charge in [-0.1, -0.05) is 54.1 Å². The lowest BCUT2D eigenvalue weighted by atomic mass is 10.0. The number of ether oxygens (including phenoxy) is 1. The molecule has 0 saturated carbocycles. The second-order valence-corrected chi connectivity index (χ2v) is 8.10. The number of benzene rings is 4. The minimum absolute atomic E-state index is 0.0944. The van der Waals surface area contributed by atoms with Crippen LogP contribution in [-0.2, 0) is 4.74 Å². The number of imide groups is 1. The molecule has 1 heterocycles. The van der Waals surface area contributed by atoms with E-state index in [2.05, 4.69) is 0 Å². The Morgan fingerprint density at radius 2 is 1.41 bits per heavy atom. The minimum atomic E-state index is -0.744. The van der Waals surface area contributed by atoms with Gasteiger partial charge in [-0.05, 0) is 54.1 Å². The molecule has 0 unspecified atom stereocenters. The molecule has 0 fully saturated rings. The zero-order valence-corrected chi connectivity index (χ0v) is 18.3. The molecule has 166 valence electrons. The molecule has 6 nitrogen and oxygen atoms in total. The maximum absolute atomic E-state index is 12.9. The average Bonchev–Trinajstić information content (AvgIpc) is 3.11. The Kier molecular flexibility index (Phi) is 5.26. The van der Waals surface area contributed by atoms with Gasteiger partial charge in [-0.2, -0.15) is 0 Å². The highest BCUT2D eigenvalue weighted by molar-refractivity contribution is 6.34. The fourth-order valence-electron chi connectivity index (χ4n) is 3.96. The van der Waals surface area contributed by atoms with Crippen molar-refractivity contribution < 1.29 is 23.9 Å². The van der Waals surface area contributed by atoms with E-state index >= 15 is 0 Å². The van der Waals surface area contributed by atoms with Crippen molar-refractivity contribution in [3.05, 3.63) is 113 Å². The molecule has 4 aromatic carbocycles. The Hall–Kier alpha value is -4.58. The SMILES string of the molecule is Cc1ccc(N2C(=O)c3ccc(C(=O)OCC(=O)c4ccc5ccccc5c4)cc3C2=O)cc1. The average molecular weight is 449 g/mol. The molecule has 34 heavy (non-hydrogen) atoms. The third kappa shape index (κ3) is 3.75. The van der Waals surface area contributed by atoms with Crippen LogP contribution in [-0.4, -0.2) is 30.2 Å². The number of anilines is 1. The van der Waals surface area contributed by atoms with Crippen LogP contribution in [0.5, 0.6) is 0 Å². The van der Waals surface area contributed by atoms with Crippen LogP contribution in [0.4, 0.5) is 5.69 Å². The number of fused-ring (bicyclic) bond motifs is 2. The summed E-state index contributed by atoms with van der Waals surface area (Å²) in [5.41, 5.74) is 2.34. The van der Waals surface area contributed by atoms with E-state index in [1.807, 2.05) is 49.4 Å². The quantitative estimate of drug-likeness (QED) is 0.244. The first-order valence-corrected chi connectivity index (χ1v) is 10.7. The number of ketones is 1. The number of hydrogen-bond donors (Lipinski definition) is 0. The molecular weight excluding hydrogens is 430 g/mol. The van der Waals surface area contributed by atoms with Crippen molar-refractivity contribution in [2.45, 2.75) is 6.92 Å². The molecule has 0 aliphatic carbocycles.